The first-order valence-electron chi connectivity index (χ1n) is 6.89. The molecule has 106 valence electrons. The van der Waals surface area contributed by atoms with Gasteiger partial charge in [0.25, 0.3) is 0 Å². The van der Waals surface area contributed by atoms with Crippen LogP contribution in [0, 0.1) is 0 Å². The largest absolute Gasteiger partial charge is 0.494 e. The van der Waals surface area contributed by atoms with Gasteiger partial charge in [0, 0.05) is 17.6 Å². The molecule has 3 heteroatoms. The van der Waals surface area contributed by atoms with Crippen molar-refractivity contribution in [1.82, 2.24) is 5.32 Å². The molecule has 1 atom stereocenters. The highest BCUT2D eigenvalue weighted by Gasteiger charge is 2.05. The molecule has 0 bridgehead atoms. The van der Waals surface area contributed by atoms with E-state index in [9.17, 15) is 0 Å². The van der Waals surface area contributed by atoms with Crippen LogP contribution in [0.5, 0.6) is 5.75 Å². The lowest BCUT2D eigenvalue weighted by atomic mass is 10.1. The van der Waals surface area contributed by atoms with Crippen LogP contribution in [-0.2, 0) is 6.54 Å². The zero-order valence-corrected chi connectivity index (χ0v) is 12.7. The number of halogens is 1. The minimum atomic E-state index is 0.264. The highest BCUT2D eigenvalue weighted by Crippen LogP contribution is 2.18. The Morgan fingerprint density at radius 3 is 2.55 bits per heavy atom. The van der Waals surface area contributed by atoms with Crippen LogP contribution < -0.4 is 10.1 Å². The zero-order chi connectivity index (χ0) is 14.4. The van der Waals surface area contributed by atoms with E-state index in [2.05, 4.69) is 30.4 Å². The van der Waals surface area contributed by atoms with Crippen LogP contribution in [0.1, 0.15) is 31.0 Å². The van der Waals surface area contributed by atoms with Gasteiger partial charge in [-0.25, -0.2) is 0 Å². The molecule has 0 saturated heterocycles. The molecular weight excluding hydrogens is 270 g/mol. The Balaban J connectivity index is 1.91. The van der Waals surface area contributed by atoms with E-state index in [1.807, 2.05) is 37.3 Å². The van der Waals surface area contributed by atoms with E-state index in [1.165, 1.54) is 11.1 Å². The monoisotopic (exact) mass is 289 g/mol. The highest BCUT2D eigenvalue weighted by molar-refractivity contribution is 6.30. The van der Waals surface area contributed by atoms with Crippen LogP contribution in [0.15, 0.2) is 48.5 Å². The summed E-state index contributed by atoms with van der Waals surface area (Å²) < 4.78 is 5.43. The van der Waals surface area contributed by atoms with Gasteiger partial charge in [-0.05, 0) is 49.2 Å². The molecule has 0 unspecified atom stereocenters. The van der Waals surface area contributed by atoms with Crippen molar-refractivity contribution in [3.63, 3.8) is 0 Å². The predicted octanol–water partition coefficient (Wildman–Crippen LogP) is 4.59. The lowest BCUT2D eigenvalue weighted by Gasteiger charge is -2.15. The van der Waals surface area contributed by atoms with Crippen molar-refractivity contribution in [2.24, 2.45) is 0 Å². The molecule has 0 amide bonds. The van der Waals surface area contributed by atoms with Crippen LogP contribution in [0.2, 0.25) is 5.02 Å². The maximum Gasteiger partial charge on any atom is 0.119 e. The molecule has 0 fully saturated rings. The van der Waals surface area contributed by atoms with Gasteiger partial charge in [0.1, 0.15) is 5.75 Å². The normalized spacial score (nSPS) is 12.2. The summed E-state index contributed by atoms with van der Waals surface area (Å²) in [6.07, 6.45) is 0. The summed E-state index contributed by atoms with van der Waals surface area (Å²) in [4.78, 5) is 0. The Labute approximate surface area is 125 Å². The number of rotatable bonds is 6. The third-order valence-electron chi connectivity index (χ3n) is 3.20. The molecule has 0 aliphatic carbocycles. The summed E-state index contributed by atoms with van der Waals surface area (Å²) in [5, 5.41) is 4.27. The Morgan fingerprint density at radius 1 is 1.15 bits per heavy atom. The summed E-state index contributed by atoms with van der Waals surface area (Å²) in [6.45, 7) is 5.64. The van der Waals surface area contributed by atoms with Crippen molar-refractivity contribution >= 4 is 11.6 Å². The Morgan fingerprint density at radius 2 is 1.90 bits per heavy atom. The Hall–Kier alpha value is -1.51. The molecule has 0 aromatic heterocycles. The molecule has 2 aromatic rings. The van der Waals surface area contributed by atoms with Crippen molar-refractivity contribution in [3.8, 4) is 5.75 Å². The maximum atomic E-state index is 6.01. The van der Waals surface area contributed by atoms with Gasteiger partial charge >= 0.3 is 0 Å². The van der Waals surface area contributed by atoms with E-state index >= 15 is 0 Å². The van der Waals surface area contributed by atoms with Gasteiger partial charge in [0.2, 0.25) is 0 Å². The lowest BCUT2D eigenvalue weighted by molar-refractivity contribution is 0.340. The molecule has 2 nitrogen and oxygen atoms in total. The van der Waals surface area contributed by atoms with Gasteiger partial charge in [0.05, 0.1) is 6.61 Å². The SMILES string of the molecule is CCOc1ccc(CN[C@@H](C)c2cccc(Cl)c2)cc1. The summed E-state index contributed by atoms with van der Waals surface area (Å²) in [5.74, 6) is 0.916. The molecule has 2 aromatic carbocycles. The number of nitrogens with one attached hydrogen (secondary N) is 1. The Bertz CT molecular complexity index is 539. The van der Waals surface area contributed by atoms with Crippen LogP contribution in [-0.4, -0.2) is 6.61 Å². The highest BCUT2D eigenvalue weighted by atomic mass is 35.5. The molecule has 2 rings (SSSR count). The quantitative estimate of drug-likeness (QED) is 0.840. The second kappa shape index (κ2) is 7.32. The average molecular weight is 290 g/mol. The molecule has 0 spiro atoms. The summed E-state index contributed by atoms with van der Waals surface area (Å²) in [7, 11) is 0. The average Bonchev–Trinajstić information content (AvgIpc) is 2.46. The molecule has 0 aliphatic rings. The fraction of sp³-hybridized carbons (Fsp3) is 0.294. The van der Waals surface area contributed by atoms with Gasteiger partial charge in [-0.2, -0.15) is 0 Å². The van der Waals surface area contributed by atoms with E-state index in [1.54, 1.807) is 0 Å². The summed E-state index contributed by atoms with van der Waals surface area (Å²) in [5.41, 5.74) is 2.44. The fourth-order valence-corrected chi connectivity index (χ4v) is 2.23. The summed E-state index contributed by atoms with van der Waals surface area (Å²) in [6, 6.07) is 16.4. The minimum absolute atomic E-state index is 0.264. The van der Waals surface area contributed by atoms with Gasteiger partial charge in [-0.1, -0.05) is 35.9 Å². The molecule has 0 radical (unpaired) electrons. The fourth-order valence-electron chi connectivity index (χ4n) is 2.03. The molecule has 20 heavy (non-hydrogen) atoms. The second-order valence-corrected chi connectivity index (χ2v) is 5.17. The molecular formula is C17H20ClNO. The van der Waals surface area contributed by atoms with Crippen LogP contribution in [0.4, 0.5) is 0 Å². The van der Waals surface area contributed by atoms with E-state index in [-0.39, 0.29) is 6.04 Å². The first-order valence-corrected chi connectivity index (χ1v) is 7.27. The molecule has 0 saturated carbocycles. The lowest BCUT2D eigenvalue weighted by Crippen LogP contribution is -2.17. The van der Waals surface area contributed by atoms with Crippen molar-refractivity contribution in [3.05, 3.63) is 64.7 Å². The third-order valence-corrected chi connectivity index (χ3v) is 3.43. The predicted molar refractivity (Wildman–Crippen MR) is 84.3 cm³/mol. The van der Waals surface area contributed by atoms with E-state index < -0.39 is 0 Å². The number of ether oxygens (including phenoxy) is 1. The summed E-state index contributed by atoms with van der Waals surface area (Å²) >= 11 is 6.01. The smallest absolute Gasteiger partial charge is 0.119 e. The van der Waals surface area contributed by atoms with Gasteiger partial charge in [0.15, 0.2) is 0 Å². The molecule has 1 N–H and O–H groups in total. The van der Waals surface area contributed by atoms with E-state index in [0.29, 0.717) is 6.61 Å². The standard InChI is InChI=1S/C17H20ClNO/c1-3-20-17-9-7-14(8-10-17)12-19-13(2)15-5-4-6-16(18)11-15/h4-11,13,19H,3,12H2,1-2H3/t13-/m0/s1. The van der Waals surface area contributed by atoms with Crippen molar-refractivity contribution < 1.29 is 4.74 Å². The number of hydrogen-bond donors (Lipinski definition) is 1. The number of hydrogen-bond acceptors (Lipinski definition) is 2. The van der Waals surface area contributed by atoms with Gasteiger partial charge in [-0.15, -0.1) is 0 Å². The van der Waals surface area contributed by atoms with Crippen molar-refractivity contribution in [2.45, 2.75) is 26.4 Å². The van der Waals surface area contributed by atoms with Gasteiger partial charge in [-0.3, -0.25) is 0 Å². The van der Waals surface area contributed by atoms with E-state index in [0.717, 1.165) is 17.3 Å². The van der Waals surface area contributed by atoms with Crippen molar-refractivity contribution in [2.75, 3.05) is 6.61 Å². The van der Waals surface area contributed by atoms with Crippen LogP contribution in [0.25, 0.3) is 0 Å². The third kappa shape index (κ3) is 4.26. The molecule has 0 aliphatic heterocycles. The minimum Gasteiger partial charge on any atom is -0.494 e. The number of benzene rings is 2. The maximum absolute atomic E-state index is 6.01. The zero-order valence-electron chi connectivity index (χ0n) is 11.9. The first-order chi connectivity index (χ1) is 9.69. The van der Waals surface area contributed by atoms with Crippen molar-refractivity contribution in [1.29, 1.82) is 0 Å². The van der Waals surface area contributed by atoms with Crippen LogP contribution in [0.3, 0.4) is 0 Å². The topological polar surface area (TPSA) is 21.3 Å². The molecule has 0 heterocycles. The van der Waals surface area contributed by atoms with Gasteiger partial charge < -0.3 is 10.1 Å². The first kappa shape index (κ1) is 14.9. The van der Waals surface area contributed by atoms with Crippen LogP contribution >= 0.6 is 11.6 Å². The Kier molecular flexibility index (Phi) is 5.45. The second-order valence-electron chi connectivity index (χ2n) is 4.73. The van der Waals surface area contributed by atoms with E-state index in [4.69, 9.17) is 16.3 Å².